The number of pyridine rings is 1. The third-order valence-electron chi connectivity index (χ3n) is 3.58. The van der Waals surface area contributed by atoms with E-state index in [-0.39, 0.29) is 5.91 Å². The minimum Gasteiger partial charge on any atom is -0.336 e. The van der Waals surface area contributed by atoms with Gasteiger partial charge in [-0.05, 0) is 24.3 Å². The molecule has 0 aromatic carbocycles. The zero-order chi connectivity index (χ0) is 14.7. The fourth-order valence-corrected chi connectivity index (χ4v) is 3.57. The summed E-state index contributed by atoms with van der Waals surface area (Å²) in [6.07, 6.45) is 3.31. The minimum atomic E-state index is 0.0712. The van der Waals surface area contributed by atoms with Crippen LogP contribution >= 0.6 is 22.9 Å². The first-order valence-corrected chi connectivity index (χ1v) is 8.08. The molecule has 0 radical (unpaired) electrons. The van der Waals surface area contributed by atoms with Gasteiger partial charge in [0.2, 0.25) is 0 Å². The molecule has 4 nitrogen and oxygen atoms in total. The van der Waals surface area contributed by atoms with Gasteiger partial charge in [-0.1, -0.05) is 11.6 Å². The van der Waals surface area contributed by atoms with Gasteiger partial charge in [-0.3, -0.25) is 14.7 Å². The third kappa shape index (κ3) is 3.61. The van der Waals surface area contributed by atoms with Crippen molar-refractivity contribution in [3.8, 4) is 0 Å². The van der Waals surface area contributed by atoms with Crippen molar-refractivity contribution in [2.75, 3.05) is 26.2 Å². The smallest absolute Gasteiger partial charge is 0.255 e. The molecule has 1 saturated heterocycles. The molecule has 1 fully saturated rings. The average Bonchev–Trinajstić information content (AvgIpc) is 2.93. The van der Waals surface area contributed by atoms with E-state index in [4.69, 9.17) is 11.6 Å². The Morgan fingerprint density at radius 2 is 2.05 bits per heavy atom. The number of thiophene rings is 1. The number of hydrogen-bond acceptors (Lipinski definition) is 4. The highest BCUT2D eigenvalue weighted by molar-refractivity contribution is 7.16. The molecule has 2 aromatic rings. The predicted molar refractivity (Wildman–Crippen MR) is 84.7 cm³/mol. The number of nitrogens with zero attached hydrogens (tertiary/aromatic N) is 3. The first kappa shape index (κ1) is 14.5. The molecule has 2 aromatic heterocycles. The molecule has 3 heterocycles. The van der Waals surface area contributed by atoms with Gasteiger partial charge in [-0.25, -0.2) is 0 Å². The molecule has 110 valence electrons. The molecule has 1 amide bonds. The lowest BCUT2D eigenvalue weighted by Crippen LogP contribution is -2.48. The van der Waals surface area contributed by atoms with Gasteiger partial charge in [-0.2, -0.15) is 0 Å². The molecule has 6 heteroatoms. The van der Waals surface area contributed by atoms with Gasteiger partial charge < -0.3 is 4.90 Å². The fraction of sp³-hybridized carbons (Fsp3) is 0.333. The summed E-state index contributed by atoms with van der Waals surface area (Å²) in [5.41, 5.74) is 0.663. The Morgan fingerprint density at radius 3 is 2.67 bits per heavy atom. The second-order valence-corrected chi connectivity index (χ2v) is 6.82. The Balaban J connectivity index is 1.54. The zero-order valence-corrected chi connectivity index (χ0v) is 13.1. The number of carbonyl (C=O) groups is 1. The van der Waals surface area contributed by atoms with E-state index >= 15 is 0 Å². The van der Waals surface area contributed by atoms with Gasteiger partial charge in [-0.15, -0.1) is 11.3 Å². The van der Waals surface area contributed by atoms with Crippen LogP contribution in [0.5, 0.6) is 0 Å². The van der Waals surface area contributed by atoms with Crippen LogP contribution < -0.4 is 0 Å². The molecule has 0 aliphatic carbocycles. The summed E-state index contributed by atoms with van der Waals surface area (Å²) >= 11 is 7.57. The number of rotatable bonds is 3. The maximum atomic E-state index is 12.3. The molecule has 0 unspecified atom stereocenters. The van der Waals surface area contributed by atoms with Crippen molar-refractivity contribution in [3.63, 3.8) is 0 Å². The van der Waals surface area contributed by atoms with Crippen molar-refractivity contribution in [2.24, 2.45) is 0 Å². The summed E-state index contributed by atoms with van der Waals surface area (Å²) in [5, 5.41) is 0. The van der Waals surface area contributed by atoms with Crippen molar-refractivity contribution >= 4 is 28.8 Å². The summed E-state index contributed by atoms with van der Waals surface area (Å²) in [6.45, 7) is 4.20. The highest BCUT2D eigenvalue weighted by Crippen LogP contribution is 2.23. The van der Waals surface area contributed by atoms with Crippen molar-refractivity contribution in [3.05, 3.63) is 51.4 Å². The number of halogens is 1. The van der Waals surface area contributed by atoms with Crippen LogP contribution in [-0.2, 0) is 6.54 Å². The lowest BCUT2D eigenvalue weighted by Gasteiger charge is -2.34. The normalized spacial score (nSPS) is 16.1. The Hall–Kier alpha value is -1.43. The number of carbonyl (C=O) groups excluding carboxylic acids is 1. The Kier molecular flexibility index (Phi) is 4.53. The Morgan fingerprint density at radius 1 is 1.24 bits per heavy atom. The van der Waals surface area contributed by atoms with Gasteiger partial charge in [0.05, 0.1) is 9.90 Å². The molecule has 0 saturated carbocycles. The van der Waals surface area contributed by atoms with Crippen molar-refractivity contribution in [1.29, 1.82) is 0 Å². The molecule has 1 aliphatic heterocycles. The Labute approximate surface area is 133 Å². The van der Waals surface area contributed by atoms with Crippen LogP contribution in [0.15, 0.2) is 36.7 Å². The molecular weight excluding hydrogens is 306 g/mol. The third-order valence-corrected chi connectivity index (χ3v) is 4.79. The fourth-order valence-electron chi connectivity index (χ4n) is 2.44. The lowest BCUT2D eigenvalue weighted by molar-refractivity contribution is 0.0629. The van der Waals surface area contributed by atoms with E-state index in [0.29, 0.717) is 5.56 Å². The van der Waals surface area contributed by atoms with E-state index in [0.717, 1.165) is 37.1 Å². The highest BCUT2D eigenvalue weighted by atomic mass is 35.5. The molecule has 3 rings (SSSR count). The Bertz CT molecular complexity index is 608. The molecule has 0 N–H and O–H groups in total. The van der Waals surface area contributed by atoms with Crippen LogP contribution in [0.4, 0.5) is 0 Å². The average molecular weight is 322 g/mol. The van der Waals surface area contributed by atoms with E-state index < -0.39 is 0 Å². The molecule has 0 atom stereocenters. The van der Waals surface area contributed by atoms with Gasteiger partial charge in [0.1, 0.15) is 0 Å². The van der Waals surface area contributed by atoms with Crippen LogP contribution in [0.2, 0.25) is 4.34 Å². The van der Waals surface area contributed by atoms with E-state index in [9.17, 15) is 4.79 Å². The minimum absolute atomic E-state index is 0.0712. The maximum Gasteiger partial charge on any atom is 0.255 e. The zero-order valence-electron chi connectivity index (χ0n) is 11.5. The molecule has 1 aliphatic rings. The molecule has 21 heavy (non-hydrogen) atoms. The SMILES string of the molecule is O=C(c1cccnc1)N1CCN(Cc2ccc(Cl)s2)CC1. The van der Waals surface area contributed by atoms with Crippen LogP contribution in [0.25, 0.3) is 0 Å². The number of amides is 1. The summed E-state index contributed by atoms with van der Waals surface area (Å²) in [4.78, 5) is 21.8. The van der Waals surface area contributed by atoms with Crippen molar-refractivity contribution in [1.82, 2.24) is 14.8 Å². The monoisotopic (exact) mass is 321 g/mol. The van der Waals surface area contributed by atoms with Crippen molar-refractivity contribution in [2.45, 2.75) is 6.54 Å². The molecular formula is C15H16ClN3OS. The topological polar surface area (TPSA) is 36.4 Å². The summed E-state index contributed by atoms with van der Waals surface area (Å²) in [6, 6.07) is 7.61. The summed E-state index contributed by atoms with van der Waals surface area (Å²) in [5.74, 6) is 0.0712. The molecule has 0 spiro atoms. The second kappa shape index (κ2) is 6.56. The molecule has 0 bridgehead atoms. The number of aromatic nitrogens is 1. The van der Waals surface area contributed by atoms with E-state index in [1.807, 2.05) is 17.0 Å². The van der Waals surface area contributed by atoms with E-state index in [2.05, 4.69) is 16.0 Å². The maximum absolute atomic E-state index is 12.3. The first-order chi connectivity index (χ1) is 10.2. The van der Waals surface area contributed by atoms with Crippen LogP contribution in [0.1, 0.15) is 15.2 Å². The van der Waals surface area contributed by atoms with Crippen LogP contribution in [0, 0.1) is 0 Å². The summed E-state index contributed by atoms with van der Waals surface area (Å²) in [7, 11) is 0. The largest absolute Gasteiger partial charge is 0.336 e. The highest BCUT2D eigenvalue weighted by Gasteiger charge is 2.22. The van der Waals surface area contributed by atoms with Gasteiger partial charge in [0.15, 0.2) is 0 Å². The van der Waals surface area contributed by atoms with Crippen LogP contribution in [-0.4, -0.2) is 46.9 Å². The van der Waals surface area contributed by atoms with Gasteiger partial charge >= 0.3 is 0 Å². The van der Waals surface area contributed by atoms with Gasteiger partial charge in [0, 0.05) is 50.0 Å². The van der Waals surface area contributed by atoms with Crippen molar-refractivity contribution < 1.29 is 4.79 Å². The van der Waals surface area contributed by atoms with E-state index in [1.54, 1.807) is 29.8 Å². The standard InChI is InChI=1S/C15H16ClN3OS/c16-14-4-3-13(21-14)11-18-6-8-19(9-7-18)15(20)12-2-1-5-17-10-12/h1-5,10H,6-9,11H2. The summed E-state index contributed by atoms with van der Waals surface area (Å²) < 4.78 is 0.829. The van der Waals surface area contributed by atoms with E-state index in [1.165, 1.54) is 4.88 Å². The van der Waals surface area contributed by atoms with Gasteiger partial charge in [0.25, 0.3) is 5.91 Å². The van der Waals surface area contributed by atoms with Crippen LogP contribution in [0.3, 0.4) is 0 Å². The predicted octanol–water partition coefficient (Wildman–Crippen LogP) is 2.75. The number of hydrogen-bond donors (Lipinski definition) is 0. The first-order valence-electron chi connectivity index (χ1n) is 6.88. The number of piperazine rings is 1. The quantitative estimate of drug-likeness (QED) is 0.872. The lowest BCUT2D eigenvalue weighted by atomic mass is 10.2. The second-order valence-electron chi connectivity index (χ2n) is 5.02.